The number of hydrogen-bond acceptors (Lipinski definition) is 1. The van der Waals surface area contributed by atoms with Crippen molar-refractivity contribution in [3.05, 3.63) is 31.9 Å². The Morgan fingerprint density at radius 3 is 2.33 bits per heavy atom. The first-order valence-corrected chi connectivity index (χ1v) is 5.27. The minimum Gasteiger partial charge on any atom is -0.294 e. The van der Waals surface area contributed by atoms with Crippen LogP contribution in [0, 0.1) is 3.57 Å². The van der Waals surface area contributed by atoms with Crippen molar-refractivity contribution in [1.82, 2.24) is 0 Å². The fourth-order valence-electron chi connectivity index (χ4n) is 1.08. The van der Waals surface area contributed by atoms with E-state index in [1.807, 2.05) is 0 Å². The molecule has 0 saturated carbocycles. The van der Waals surface area contributed by atoms with E-state index in [1.165, 1.54) is 35.6 Å². The number of hydrogen-bond donors (Lipinski definition) is 0. The largest absolute Gasteiger partial charge is 0.418 e. The summed E-state index contributed by atoms with van der Waals surface area (Å²) >= 11 is 6.94. The summed E-state index contributed by atoms with van der Waals surface area (Å²) in [6.07, 6.45) is -4.54. The summed E-state index contributed by atoms with van der Waals surface area (Å²) in [4.78, 5) is 11.0. The molecule has 1 nitrogen and oxygen atoms in total. The molecule has 1 aromatic carbocycles. The smallest absolute Gasteiger partial charge is 0.294 e. The lowest BCUT2D eigenvalue weighted by Gasteiger charge is -2.13. The van der Waals surface area contributed by atoms with E-state index in [-0.39, 0.29) is 9.13 Å². The van der Waals surface area contributed by atoms with Gasteiger partial charge in [0.1, 0.15) is 0 Å². The predicted octanol–water partition coefficient (Wildman–Crippen LogP) is 4.17. The van der Waals surface area contributed by atoms with Crippen LogP contribution < -0.4 is 0 Å². The molecule has 1 aromatic rings. The zero-order chi connectivity index (χ0) is 11.8. The van der Waals surface area contributed by atoms with E-state index in [1.54, 1.807) is 0 Å². The van der Waals surface area contributed by atoms with Gasteiger partial charge in [-0.3, -0.25) is 4.79 Å². The maximum Gasteiger partial charge on any atom is 0.418 e. The molecule has 0 saturated heterocycles. The monoisotopic (exact) mass is 348 g/mol. The first kappa shape index (κ1) is 12.8. The molecule has 0 aliphatic rings. The van der Waals surface area contributed by atoms with E-state index in [0.29, 0.717) is 0 Å². The normalized spacial score (nSPS) is 11.6. The number of carbonyl (C=O) groups is 1. The predicted molar refractivity (Wildman–Crippen MR) is 59.2 cm³/mol. The van der Waals surface area contributed by atoms with Crippen LogP contribution >= 0.6 is 34.2 Å². The van der Waals surface area contributed by atoms with E-state index in [2.05, 4.69) is 0 Å². The maximum absolute atomic E-state index is 12.6. The van der Waals surface area contributed by atoms with E-state index in [0.717, 1.165) is 6.07 Å². The van der Waals surface area contributed by atoms with Gasteiger partial charge in [-0.05, 0) is 41.6 Å². The molecular formula is C9H5ClF3IO. The molecular weight excluding hydrogens is 343 g/mol. The van der Waals surface area contributed by atoms with Crippen molar-refractivity contribution < 1.29 is 18.0 Å². The lowest BCUT2D eigenvalue weighted by molar-refractivity contribution is -0.138. The number of benzene rings is 1. The Kier molecular flexibility index (Phi) is 3.65. The van der Waals surface area contributed by atoms with Crippen molar-refractivity contribution in [3.8, 4) is 0 Å². The van der Waals surface area contributed by atoms with Gasteiger partial charge in [0.25, 0.3) is 0 Å². The second-order valence-electron chi connectivity index (χ2n) is 2.84. The molecule has 0 aromatic heterocycles. The quantitative estimate of drug-likeness (QED) is 0.550. The SMILES string of the molecule is CC(=O)c1ccc(Cl)c(C(F)(F)F)c1I. The minimum absolute atomic E-state index is 0.0346. The summed E-state index contributed by atoms with van der Waals surface area (Å²) in [5.74, 6) is -0.415. The Labute approximate surface area is 103 Å². The summed E-state index contributed by atoms with van der Waals surface area (Å²) in [5, 5.41) is -0.392. The number of Topliss-reactive ketones (excluding diaryl/α,β-unsaturated/α-hetero) is 1. The third-order valence-electron chi connectivity index (χ3n) is 1.75. The zero-order valence-electron chi connectivity index (χ0n) is 7.45. The first-order valence-electron chi connectivity index (χ1n) is 3.81. The molecule has 15 heavy (non-hydrogen) atoms. The molecule has 0 unspecified atom stereocenters. The molecule has 0 heterocycles. The molecule has 6 heteroatoms. The first-order chi connectivity index (χ1) is 6.75. The number of alkyl halides is 3. The average Bonchev–Trinajstić information content (AvgIpc) is 2.00. The molecule has 0 spiro atoms. The highest BCUT2D eigenvalue weighted by molar-refractivity contribution is 14.1. The third kappa shape index (κ3) is 2.63. The van der Waals surface area contributed by atoms with Crippen LogP contribution in [0.5, 0.6) is 0 Å². The van der Waals surface area contributed by atoms with Gasteiger partial charge in [-0.15, -0.1) is 0 Å². The second-order valence-corrected chi connectivity index (χ2v) is 4.32. The lowest BCUT2D eigenvalue weighted by atomic mass is 10.1. The van der Waals surface area contributed by atoms with Gasteiger partial charge in [0, 0.05) is 9.13 Å². The molecule has 0 amide bonds. The minimum atomic E-state index is -4.54. The van der Waals surface area contributed by atoms with Crippen molar-refractivity contribution >= 4 is 40.0 Å². The van der Waals surface area contributed by atoms with Crippen LogP contribution in [-0.2, 0) is 6.18 Å². The van der Waals surface area contributed by atoms with Gasteiger partial charge >= 0.3 is 6.18 Å². The van der Waals surface area contributed by atoms with Crippen molar-refractivity contribution in [2.24, 2.45) is 0 Å². The molecule has 0 fully saturated rings. The lowest BCUT2D eigenvalue weighted by Crippen LogP contribution is -2.11. The van der Waals surface area contributed by atoms with Crippen LogP contribution in [0.1, 0.15) is 22.8 Å². The van der Waals surface area contributed by atoms with E-state index in [4.69, 9.17) is 11.6 Å². The number of rotatable bonds is 1. The van der Waals surface area contributed by atoms with Gasteiger partial charge in [-0.25, -0.2) is 0 Å². The maximum atomic E-state index is 12.6. The zero-order valence-corrected chi connectivity index (χ0v) is 10.4. The van der Waals surface area contributed by atoms with Crippen LogP contribution in [0.3, 0.4) is 0 Å². The highest BCUT2D eigenvalue weighted by Gasteiger charge is 2.36. The van der Waals surface area contributed by atoms with E-state index >= 15 is 0 Å². The van der Waals surface area contributed by atoms with Crippen molar-refractivity contribution in [1.29, 1.82) is 0 Å². The molecule has 0 aliphatic heterocycles. The van der Waals surface area contributed by atoms with Crippen molar-refractivity contribution in [2.75, 3.05) is 0 Å². The topological polar surface area (TPSA) is 17.1 Å². The standard InChI is InChI=1S/C9H5ClF3IO/c1-4(15)5-2-3-6(10)7(8(5)14)9(11,12)13/h2-3H,1H3. The van der Waals surface area contributed by atoms with Crippen LogP contribution in [0.25, 0.3) is 0 Å². The Morgan fingerprint density at radius 2 is 1.93 bits per heavy atom. The Hall–Kier alpha value is -0.300. The highest BCUT2D eigenvalue weighted by Crippen LogP contribution is 2.39. The van der Waals surface area contributed by atoms with Crippen molar-refractivity contribution in [2.45, 2.75) is 13.1 Å². The van der Waals surface area contributed by atoms with Crippen LogP contribution in [0.15, 0.2) is 12.1 Å². The number of ketones is 1. The molecule has 0 radical (unpaired) electrons. The number of carbonyl (C=O) groups excluding carboxylic acids is 1. The highest BCUT2D eigenvalue weighted by atomic mass is 127. The Balaban J connectivity index is 3.51. The molecule has 1 rings (SSSR count). The van der Waals surface area contributed by atoms with Gasteiger partial charge in [0.05, 0.1) is 10.6 Å². The van der Waals surface area contributed by atoms with Gasteiger partial charge < -0.3 is 0 Å². The van der Waals surface area contributed by atoms with E-state index in [9.17, 15) is 18.0 Å². The second kappa shape index (κ2) is 4.29. The number of halogens is 5. The average molecular weight is 348 g/mol. The Morgan fingerprint density at radius 1 is 1.40 bits per heavy atom. The van der Waals surface area contributed by atoms with Crippen molar-refractivity contribution in [3.63, 3.8) is 0 Å². The van der Waals surface area contributed by atoms with Gasteiger partial charge in [-0.2, -0.15) is 13.2 Å². The Bertz CT molecular complexity index is 415. The molecule has 0 aliphatic carbocycles. The summed E-state index contributed by atoms with van der Waals surface area (Å²) in [6, 6.07) is 2.38. The van der Waals surface area contributed by atoms with Gasteiger partial charge in [0.2, 0.25) is 0 Å². The van der Waals surface area contributed by atoms with Gasteiger partial charge in [0.15, 0.2) is 5.78 Å². The third-order valence-corrected chi connectivity index (χ3v) is 3.19. The fourth-order valence-corrected chi connectivity index (χ4v) is 2.66. The summed E-state index contributed by atoms with van der Waals surface area (Å²) in [6.45, 7) is 1.21. The summed E-state index contributed by atoms with van der Waals surface area (Å²) in [7, 11) is 0. The van der Waals surface area contributed by atoms with Crippen LogP contribution in [0.4, 0.5) is 13.2 Å². The van der Waals surface area contributed by atoms with Crippen LogP contribution in [-0.4, -0.2) is 5.78 Å². The van der Waals surface area contributed by atoms with Crippen LogP contribution in [0.2, 0.25) is 5.02 Å². The molecule has 0 N–H and O–H groups in total. The summed E-state index contributed by atoms with van der Waals surface area (Å²) < 4.78 is 37.5. The van der Waals surface area contributed by atoms with E-state index < -0.39 is 22.5 Å². The molecule has 0 atom stereocenters. The molecule has 82 valence electrons. The summed E-state index contributed by atoms with van der Waals surface area (Å²) in [5.41, 5.74) is -0.912. The molecule has 0 bridgehead atoms. The fraction of sp³-hybridized carbons (Fsp3) is 0.222. The van der Waals surface area contributed by atoms with Gasteiger partial charge in [-0.1, -0.05) is 11.6 Å².